The Morgan fingerprint density at radius 3 is 2.96 bits per heavy atom. The molecule has 0 spiro atoms. The highest BCUT2D eigenvalue weighted by Gasteiger charge is 2.23. The lowest BCUT2D eigenvalue weighted by molar-refractivity contribution is 0.196. The summed E-state index contributed by atoms with van der Waals surface area (Å²) in [6, 6.07) is 6.74. The number of hydrogen-bond donors (Lipinski definition) is 1. The number of halogens is 1. The van der Waals surface area contributed by atoms with E-state index >= 15 is 0 Å². The second kappa shape index (κ2) is 6.62. The zero-order valence-electron chi connectivity index (χ0n) is 13.6. The normalized spacial score (nSPS) is 19.0. The molecular weight excluding hydrogens is 293 g/mol. The Morgan fingerprint density at radius 1 is 1.39 bits per heavy atom. The fraction of sp³-hybridized carbons (Fsp3) is 0.444. The van der Waals surface area contributed by atoms with Gasteiger partial charge in [0.1, 0.15) is 11.6 Å². The first-order chi connectivity index (χ1) is 11.0. The third kappa shape index (κ3) is 3.67. The lowest BCUT2D eigenvalue weighted by Crippen LogP contribution is -2.35. The van der Waals surface area contributed by atoms with Crippen LogP contribution in [-0.2, 0) is 6.54 Å². The van der Waals surface area contributed by atoms with E-state index in [0.29, 0.717) is 5.56 Å². The van der Waals surface area contributed by atoms with E-state index in [1.165, 1.54) is 6.07 Å². The van der Waals surface area contributed by atoms with Gasteiger partial charge in [0.25, 0.3) is 5.56 Å². The Morgan fingerprint density at radius 2 is 2.22 bits per heavy atom. The van der Waals surface area contributed by atoms with Gasteiger partial charge in [-0.25, -0.2) is 9.37 Å². The van der Waals surface area contributed by atoms with Gasteiger partial charge in [0.15, 0.2) is 0 Å². The molecule has 1 saturated heterocycles. The summed E-state index contributed by atoms with van der Waals surface area (Å²) in [6.45, 7) is 6.22. The van der Waals surface area contributed by atoms with Crippen LogP contribution in [0.4, 0.5) is 4.39 Å². The molecule has 0 aliphatic carbocycles. The molecule has 0 radical (unpaired) electrons. The molecule has 2 aromatic rings. The van der Waals surface area contributed by atoms with Crippen molar-refractivity contribution in [2.24, 2.45) is 0 Å². The highest BCUT2D eigenvalue weighted by atomic mass is 19.1. The third-order valence-electron chi connectivity index (χ3n) is 4.60. The number of nitrogens with zero attached hydrogens (tertiary/aromatic N) is 2. The fourth-order valence-corrected chi connectivity index (χ4v) is 3.18. The number of hydrogen-bond acceptors (Lipinski definition) is 3. The van der Waals surface area contributed by atoms with Crippen LogP contribution in [-0.4, -0.2) is 28.0 Å². The van der Waals surface area contributed by atoms with Gasteiger partial charge in [-0.2, -0.15) is 0 Å². The summed E-state index contributed by atoms with van der Waals surface area (Å²) in [5, 5.41) is 0. The SMILES string of the molecule is Cc1nc([C@@H]2CCCN(Cc3cccc(F)c3)C2)[nH]c(=O)c1C. The smallest absolute Gasteiger partial charge is 0.254 e. The van der Waals surface area contributed by atoms with E-state index < -0.39 is 0 Å². The molecule has 0 unspecified atom stereocenters. The van der Waals surface area contributed by atoms with Crippen molar-refractivity contribution in [3.05, 3.63) is 63.1 Å². The number of nitrogens with one attached hydrogen (secondary N) is 1. The number of rotatable bonds is 3. The second-order valence-corrected chi connectivity index (χ2v) is 6.37. The molecule has 0 saturated carbocycles. The lowest BCUT2D eigenvalue weighted by atomic mass is 9.96. The monoisotopic (exact) mass is 315 g/mol. The van der Waals surface area contributed by atoms with Crippen molar-refractivity contribution >= 4 is 0 Å². The van der Waals surface area contributed by atoms with Crippen LogP contribution in [0.5, 0.6) is 0 Å². The Balaban J connectivity index is 1.74. The average Bonchev–Trinajstić information content (AvgIpc) is 2.52. The van der Waals surface area contributed by atoms with Gasteiger partial charge in [-0.15, -0.1) is 0 Å². The van der Waals surface area contributed by atoms with Crippen LogP contribution in [0, 0.1) is 19.7 Å². The van der Waals surface area contributed by atoms with Crippen LogP contribution < -0.4 is 5.56 Å². The van der Waals surface area contributed by atoms with Gasteiger partial charge >= 0.3 is 0 Å². The second-order valence-electron chi connectivity index (χ2n) is 6.37. The molecule has 23 heavy (non-hydrogen) atoms. The molecular formula is C18H22FN3O. The highest BCUT2D eigenvalue weighted by Crippen LogP contribution is 2.25. The Kier molecular flexibility index (Phi) is 4.57. The zero-order chi connectivity index (χ0) is 16.4. The van der Waals surface area contributed by atoms with Gasteiger partial charge in [-0.1, -0.05) is 12.1 Å². The van der Waals surface area contributed by atoms with Crippen LogP contribution in [0.2, 0.25) is 0 Å². The third-order valence-corrected chi connectivity index (χ3v) is 4.60. The predicted molar refractivity (Wildman–Crippen MR) is 88.0 cm³/mol. The fourth-order valence-electron chi connectivity index (χ4n) is 3.18. The molecule has 0 amide bonds. The molecule has 1 aromatic carbocycles. The lowest BCUT2D eigenvalue weighted by Gasteiger charge is -2.32. The first-order valence-corrected chi connectivity index (χ1v) is 8.07. The van der Waals surface area contributed by atoms with Crippen molar-refractivity contribution in [3.8, 4) is 0 Å². The summed E-state index contributed by atoms with van der Waals surface area (Å²) >= 11 is 0. The van der Waals surface area contributed by atoms with E-state index in [4.69, 9.17) is 0 Å². The first-order valence-electron chi connectivity index (χ1n) is 8.07. The number of likely N-dealkylation sites (tertiary alicyclic amines) is 1. The molecule has 1 N–H and O–H groups in total. The zero-order valence-corrected chi connectivity index (χ0v) is 13.6. The molecule has 4 nitrogen and oxygen atoms in total. The van der Waals surface area contributed by atoms with Crippen LogP contribution in [0.1, 0.15) is 41.4 Å². The summed E-state index contributed by atoms with van der Waals surface area (Å²) in [5.41, 5.74) is 2.41. The summed E-state index contributed by atoms with van der Waals surface area (Å²) in [4.78, 5) is 21.8. The van der Waals surface area contributed by atoms with Gasteiger partial charge in [0.05, 0.1) is 0 Å². The van der Waals surface area contributed by atoms with E-state index in [2.05, 4.69) is 14.9 Å². The maximum Gasteiger partial charge on any atom is 0.254 e. The summed E-state index contributed by atoms with van der Waals surface area (Å²) in [7, 11) is 0. The topological polar surface area (TPSA) is 49.0 Å². The average molecular weight is 315 g/mol. The van der Waals surface area contributed by atoms with Gasteiger partial charge < -0.3 is 4.98 Å². The maximum absolute atomic E-state index is 13.3. The Hall–Kier alpha value is -2.01. The summed E-state index contributed by atoms with van der Waals surface area (Å²) in [6.07, 6.45) is 2.07. The Bertz CT molecular complexity index is 756. The number of piperidine rings is 1. The van der Waals surface area contributed by atoms with E-state index in [9.17, 15) is 9.18 Å². The number of H-pyrrole nitrogens is 1. The van der Waals surface area contributed by atoms with Crippen molar-refractivity contribution in [1.29, 1.82) is 0 Å². The number of aryl methyl sites for hydroxylation is 1. The molecule has 1 atom stereocenters. The molecule has 2 heterocycles. The quantitative estimate of drug-likeness (QED) is 0.947. The van der Waals surface area contributed by atoms with Crippen molar-refractivity contribution in [1.82, 2.24) is 14.9 Å². The van der Waals surface area contributed by atoms with Crippen LogP contribution in [0.3, 0.4) is 0 Å². The molecule has 1 aromatic heterocycles. The van der Waals surface area contributed by atoms with Crippen LogP contribution in [0.15, 0.2) is 29.1 Å². The van der Waals surface area contributed by atoms with Crippen molar-refractivity contribution in [2.45, 2.75) is 39.2 Å². The predicted octanol–water partition coefficient (Wildman–Crippen LogP) is 2.91. The van der Waals surface area contributed by atoms with E-state index in [1.807, 2.05) is 13.0 Å². The number of aromatic amines is 1. The van der Waals surface area contributed by atoms with Gasteiger partial charge in [0, 0.05) is 30.3 Å². The number of benzene rings is 1. The molecule has 1 aliphatic rings. The minimum Gasteiger partial charge on any atom is -0.310 e. The van der Waals surface area contributed by atoms with Gasteiger partial charge in [-0.05, 0) is 50.9 Å². The van der Waals surface area contributed by atoms with Crippen molar-refractivity contribution in [2.75, 3.05) is 13.1 Å². The summed E-state index contributed by atoms with van der Waals surface area (Å²) in [5.74, 6) is 0.808. The van der Waals surface area contributed by atoms with Crippen molar-refractivity contribution in [3.63, 3.8) is 0 Å². The largest absolute Gasteiger partial charge is 0.310 e. The Labute approximate surface area is 135 Å². The molecule has 5 heteroatoms. The van der Waals surface area contributed by atoms with Crippen molar-refractivity contribution < 1.29 is 4.39 Å². The molecule has 3 rings (SSSR count). The molecule has 1 fully saturated rings. The summed E-state index contributed by atoms with van der Waals surface area (Å²) < 4.78 is 13.3. The van der Waals surface area contributed by atoms with E-state index in [0.717, 1.165) is 49.6 Å². The van der Waals surface area contributed by atoms with E-state index in [-0.39, 0.29) is 17.3 Å². The minimum absolute atomic E-state index is 0.0465. The van der Waals surface area contributed by atoms with Gasteiger partial charge in [0.2, 0.25) is 0 Å². The molecule has 1 aliphatic heterocycles. The molecule has 122 valence electrons. The van der Waals surface area contributed by atoms with Crippen LogP contribution in [0.25, 0.3) is 0 Å². The first kappa shape index (κ1) is 15.9. The van der Waals surface area contributed by atoms with Crippen LogP contribution >= 0.6 is 0 Å². The maximum atomic E-state index is 13.3. The van der Waals surface area contributed by atoms with E-state index in [1.54, 1.807) is 19.1 Å². The number of aromatic nitrogens is 2. The standard InChI is InChI=1S/C18H22FN3O/c1-12-13(2)20-17(21-18(12)23)15-6-4-8-22(11-15)10-14-5-3-7-16(19)9-14/h3,5,7,9,15H,4,6,8,10-11H2,1-2H3,(H,20,21,23)/t15-/m1/s1. The highest BCUT2D eigenvalue weighted by molar-refractivity contribution is 5.18. The minimum atomic E-state index is -0.198. The van der Waals surface area contributed by atoms with Gasteiger partial charge in [-0.3, -0.25) is 9.69 Å². The molecule has 0 bridgehead atoms.